The third kappa shape index (κ3) is 9.13. The lowest BCUT2D eigenvalue weighted by atomic mass is 9.85. The van der Waals surface area contributed by atoms with Gasteiger partial charge < -0.3 is 26.2 Å². The second kappa shape index (κ2) is 14.6. The highest BCUT2D eigenvalue weighted by atomic mass is 16.2. The number of hydrogen-bond donors (Lipinski definition) is 3. The van der Waals surface area contributed by atoms with E-state index in [0.29, 0.717) is 32.5 Å². The van der Waals surface area contributed by atoms with Gasteiger partial charge >= 0.3 is 0 Å². The van der Waals surface area contributed by atoms with Gasteiger partial charge in [0.1, 0.15) is 6.04 Å². The van der Waals surface area contributed by atoms with Crippen molar-refractivity contribution in [2.24, 2.45) is 11.1 Å². The van der Waals surface area contributed by atoms with Crippen molar-refractivity contribution in [2.45, 2.75) is 84.5 Å². The van der Waals surface area contributed by atoms with Crippen LogP contribution in [0.2, 0.25) is 0 Å². The van der Waals surface area contributed by atoms with Crippen LogP contribution < -0.4 is 16.4 Å². The first kappa shape index (κ1) is 32.3. The van der Waals surface area contributed by atoms with Crippen LogP contribution in [0.15, 0.2) is 54.6 Å². The Hall–Kier alpha value is -3.23. The largest absolute Gasteiger partial charge is 0.342 e. The number of benzene rings is 2. The summed E-state index contributed by atoms with van der Waals surface area (Å²) in [6.45, 7) is 11.2. The molecule has 1 aliphatic rings. The van der Waals surface area contributed by atoms with Crippen LogP contribution in [0.3, 0.4) is 0 Å². The number of hydrogen-bond acceptors (Lipinski definition) is 5. The fourth-order valence-corrected chi connectivity index (χ4v) is 5.28. The lowest BCUT2D eigenvalue weighted by Crippen LogP contribution is -2.59. The van der Waals surface area contributed by atoms with E-state index in [-0.39, 0.29) is 23.8 Å². The van der Waals surface area contributed by atoms with Crippen molar-refractivity contribution in [2.75, 3.05) is 26.7 Å². The van der Waals surface area contributed by atoms with E-state index < -0.39 is 23.5 Å². The number of likely N-dealkylation sites (tertiary alicyclic amines) is 1. The Morgan fingerprint density at radius 3 is 2.32 bits per heavy atom. The molecule has 0 unspecified atom stereocenters. The summed E-state index contributed by atoms with van der Waals surface area (Å²) < 4.78 is 0. The lowest BCUT2D eigenvalue weighted by molar-refractivity contribution is -0.142. The number of carbonyl (C=O) groups excluding carboxylic acids is 3. The summed E-state index contributed by atoms with van der Waals surface area (Å²) >= 11 is 0. The van der Waals surface area contributed by atoms with Crippen molar-refractivity contribution in [1.29, 1.82) is 0 Å². The van der Waals surface area contributed by atoms with Crippen molar-refractivity contribution in [3.05, 3.63) is 71.3 Å². The molecule has 8 heteroatoms. The Morgan fingerprint density at radius 2 is 1.71 bits per heavy atom. The minimum Gasteiger partial charge on any atom is -0.342 e. The quantitative estimate of drug-likeness (QED) is 0.368. The third-order valence-corrected chi connectivity index (χ3v) is 8.04. The second-order valence-corrected chi connectivity index (χ2v) is 12.5. The molecule has 2 aromatic carbocycles. The van der Waals surface area contributed by atoms with E-state index in [0.717, 1.165) is 29.5 Å². The summed E-state index contributed by atoms with van der Waals surface area (Å²) in [5.41, 5.74) is 9.35. The Balaban J connectivity index is 1.79. The summed E-state index contributed by atoms with van der Waals surface area (Å²) in [4.78, 5) is 44.2. The molecule has 1 fully saturated rings. The number of nitrogens with two attached hydrogens (primary N) is 1. The molecule has 0 spiro atoms. The molecule has 1 saturated heterocycles. The maximum Gasteiger partial charge on any atom is 0.246 e. The molecule has 0 bridgehead atoms. The monoisotopic (exact) mass is 563 g/mol. The zero-order valence-corrected chi connectivity index (χ0v) is 25.7. The molecule has 3 amide bonds. The topological polar surface area (TPSA) is 108 Å². The van der Waals surface area contributed by atoms with E-state index >= 15 is 0 Å². The first-order valence-corrected chi connectivity index (χ1v) is 14.8. The molecule has 0 aromatic heterocycles. The van der Waals surface area contributed by atoms with Gasteiger partial charge in [-0.1, -0.05) is 80.9 Å². The van der Waals surface area contributed by atoms with Crippen LogP contribution in [-0.2, 0) is 27.2 Å². The van der Waals surface area contributed by atoms with E-state index in [4.69, 9.17) is 5.73 Å². The van der Waals surface area contributed by atoms with Gasteiger partial charge in [-0.3, -0.25) is 14.4 Å². The zero-order chi connectivity index (χ0) is 30.2. The molecule has 1 aliphatic heterocycles. The third-order valence-electron chi connectivity index (χ3n) is 8.04. The van der Waals surface area contributed by atoms with Gasteiger partial charge in [-0.05, 0) is 63.1 Å². The average molecular weight is 564 g/mol. The van der Waals surface area contributed by atoms with Gasteiger partial charge in [0, 0.05) is 25.7 Å². The van der Waals surface area contributed by atoms with Gasteiger partial charge in [0.2, 0.25) is 17.7 Å². The van der Waals surface area contributed by atoms with Gasteiger partial charge in [0.05, 0.1) is 12.1 Å². The molecular formula is C33H49N5O3. The van der Waals surface area contributed by atoms with E-state index in [1.54, 1.807) is 14.0 Å². The van der Waals surface area contributed by atoms with Crippen molar-refractivity contribution >= 4 is 17.7 Å². The van der Waals surface area contributed by atoms with Crippen LogP contribution in [-0.4, -0.2) is 78.4 Å². The SMILES string of the molecule is CN[C@@H](C)C(=O)N[C@H](C(=O)N1CCC[C@H]1CN(CCc1ccccc1)C(=O)[C@H](N)Cc1ccc(C)cc1)C(C)(C)C. The Morgan fingerprint density at radius 1 is 1.05 bits per heavy atom. The van der Waals surface area contributed by atoms with Gasteiger partial charge in [-0.25, -0.2) is 0 Å². The molecule has 4 atom stereocenters. The van der Waals surface area contributed by atoms with Gasteiger partial charge in [0.15, 0.2) is 0 Å². The fraction of sp³-hybridized carbons (Fsp3) is 0.545. The molecule has 0 aliphatic carbocycles. The number of nitrogens with one attached hydrogen (secondary N) is 2. The molecule has 4 N–H and O–H groups in total. The molecular weight excluding hydrogens is 514 g/mol. The highest BCUT2D eigenvalue weighted by Crippen LogP contribution is 2.26. The van der Waals surface area contributed by atoms with Gasteiger partial charge in [-0.15, -0.1) is 0 Å². The molecule has 8 nitrogen and oxygen atoms in total. The molecule has 2 aromatic rings. The number of carbonyl (C=O) groups is 3. The van der Waals surface area contributed by atoms with Crippen LogP contribution in [0.25, 0.3) is 0 Å². The van der Waals surface area contributed by atoms with E-state index in [1.165, 1.54) is 0 Å². The summed E-state index contributed by atoms with van der Waals surface area (Å²) in [6.07, 6.45) is 2.80. The number of aryl methyl sites for hydroxylation is 1. The zero-order valence-electron chi connectivity index (χ0n) is 25.7. The van der Waals surface area contributed by atoms with Crippen molar-refractivity contribution < 1.29 is 14.4 Å². The molecule has 1 heterocycles. The van der Waals surface area contributed by atoms with Crippen LogP contribution >= 0.6 is 0 Å². The van der Waals surface area contributed by atoms with Crippen molar-refractivity contribution in [1.82, 2.24) is 20.4 Å². The van der Waals surface area contributed by atoms with Crippen LogP contribution in [0.1, 0.15) is 57.2 Å². The Bertz CT molecular complexity index is 1150. The predicted molar refractivity (Wildman–Crippen MR) is 164 cm³/mol. The number of amides is 3. The Labute approximate surface area is 246 Å². The predicted octanol–water partition coefficient (Wildman–Crippen LogP) is 3.07. The minimum atomic E-state index is -0.677. The fourth-order valence-electron chi connectivity index (χ4n) is 5.28. The average Bonchev–Trinajstić information content (AvgIpc) is 3.42. The Kier molecular flexibility index (Phi) is 11.5. The first-order chi connectivity index (χ1) is 19.4. The van der Waals surface area contributed by atoms with Gasteiger partial charge in [-0.2, -0.15) is 0 Å². The van der Waals surface area contributed by atoms with E-state index in [2.05, 4.69) is 22.8 Å². The summed E-state index contributed by atoms with van der Waals surface area (Å²) in [5.74, 6) is -0.418. The molecule has 3 rings (SSSR count). The van der Waals surface area contributed by atoms with E-state index in [9.17, 15) is 14.4 Å². The van der Waals surface area contributed by atoms with Gasteiger partial charge in [0.25, 0.3) is 0 Å². The summed E-state index contributed by atoms with van der Waals surface area (Å²) in [7, 11) is 1.72. The lowest BCUT2D eigenvalue weighted by Gasteiger charge is -2.38. The smallest absolute Gasteiger partial charge is 0.246 e. The molecule has 41 heavy (non-hydrogen) atoms. The number of nitrogens with zero attached hydrogens (tertiary/aromatic N) is 2. The second-order valence-electron chi connectivity index (χ2n) is 12.5. The number of rotatable bonds is 12. The highest BCUT2D eigenvalue weighted by Gasteiger charge is 2.41. The summed E-state index contributed by atoms with van der Waals surface area (Å²) in [5, 5.41) is 5.93. The van der Waals surface area contributed by atoms with Crippen LogP contribution in [0.4, 0.5) is 0 Å². The normalized spacial score (nSPS) is 17.5. The van der Waals surface area contributed by atoms with Crippen molar-refractivity contribution in [3.8, 4) is 0 Å². The molecule has 0 saturated carbocycles. The number of likely N-dealkylation sites (N-methyl/N-ethyl adjacent to an activating group) is 1. The van der Waals surface area contributed by atoms with E-state index in [1.807, 2.05) is 80.0 Å². The first-order valence-electron chi connectivity index (χ1n) is 14.8. The molecule has 224 valence electrons. The maximum atomic E-state index is 13.9. The van der Waals surface area contributed by atoms with Crippen LogP contribution in [0.5, 0.6) is 0 Å². The van der Waals surface area contributed by atoms with Crippen LogP contribution in [0, 0.1) is 12.3 Å². The van der Waals surface area contributed by atoms with Crippen molar-refractivity contribution in [3.63, 3.8) is 0 Å². The molecule has 0 radical (unpaired) electrons. The minimum absolute atomic E-state index is 0.101. The standard InChI is InChI=1S/C33H49N5O3/c1-23-14-16-26(17-15-23)21-28(34)31(40)37(20-18-25-11-8-7-9-12-25)22-27-13-10-19-38(27)32(41)29(33(3,4)5)36-30(39)24(2)35-6/h7-9,11-12,14-17,24,27-29,35H,10,13,18-22,34H2,1-6H3,(H,36,39)/t24-,27-,28+,29+/m0/s1. The maximum absolute atomic E-state index is 13.9. The summed E-state index contributed by atoms with van der Waals surface area (Å²) in [6, 6.07) is 16.3. The highest BCUT2D eigenvalue weighted by molar-refractivity contribution is 5.90.